The van der Waals surface area contributed by atoms with Crippen molar-refractivity contribution in [3.05, 3.63) is 40.4 Å². The molecule has 7 heteroatoms. The molecule has 1 saturated heterocycles. The SMILES string of the molecule is C=CCOc1cc(Cl)c(Cl)cc1C(N[S+]([O-])C(C)(C)C)C1CCCNCC1. The first-order valence-electron chi connectivity index (χ1n) is 9.35. The number of hydrogen-bond acceptors (Lipinski definition) is 4. The molecule has 3 atom stereocenters. The van der Waals surface area contributed by atoms with Crippen LogP contribution in [0.2, 0.25) is 10.0 Å². The minimum Gasteiger partial charge on any atom is -0.598 e. The molecule has 4 nitrogen and oxygen atoms in total. The maximum absolute atomic E-state index is 12.9. The summed E-state index contributed by atoms with van der Waals surface area (Å²) in [7, 11) is 0. The summed E-state index contributed by atoms with van der Waals surface area (Å²) in [6, 6.07) is 3.45. The van der Waals surface area contributed by atoms with Gasteiger partial charge >= 0.3 is 0 Å². The van der Waals surface area contributed by atoms with Gasteiger partial charge in [0.2, 0.25) is 0 Å². The van der Waals surface area contributed by atoms with E-state index in [0.717, 1.165) is 37.9 Å². The summed E-state index contributed by atoms with van der Waals surface area (Å²) >= 11 is 11.3. The highest BCUT2D eigenvalue weighted by atomic mass is 35.5. The van der Waals surface area contributed by atoms with Crippen molar-refractivity contribution in [2.24, 2.45) is 5.92 Å². The van der Waals surface area contributed by atoms with Gasteiger partial charge in [0.05, 0.1) is 16.1 Å². The summed E-state index contributed by atoms with van der Waals surface area (Å²) in [6.45, 7) is 11.9. The first-order valence-corrected chi connectivity index (χ1v) is 11.3. The smallest absolute Gasteiger partial charge is 0.136 e. The molecule has 27 heavy (non-hydrogen) atoms. The molecular weight excluding hydrogens is 403 g/mol. The summed E-state index contributed by atoms with van der Waals surface area (Å²) in [4.78, 5) is 0. The molecule has 152 valence electrons. The van der Waals surface area contributed by atoms with Gasteiger partial charge in [-0.15, -0.1) is 4.72 Å². The zero-order valence-electron chi connectivity index (χ0n) is 16.3. The molecule has 1 heterocycles. The van der Waals surface area contributed by atoms with Gasteiger partial charge < -0.3 is 14.6 Å². The van der Waals surface area contributed by atoms with Gasteiger partial charge in [-0.25, -0.2) is 0 Å². The Hall–Kier alpha value is -0.430. The Morgan fingerprint density at radius 1 is 1.33 bits per heavy atom. The van der Waals surface area contributed by atoms with E-state index in [2.05, 4.69) is 16.6 Å². The van der Waals surface area contributed by atoms with E-state index in [1.54, 1.807) is 12.1 Å². The molecule has 0 spiro atoms. The Morgan fingerprint density at radius 3 is 2.70 bits per heavy atom. The molecule has 1 aromatic rings. The van der Waals surface area contributed by atoms with E-state index < -0.39 is 11.4 Å². The molecule has 0 aliphatic carbocycles. The average Bonchev–Trinajstić information content (AvgIpc) is 2.88. The number of ether oxygens (including phenoxy) is 1. The van der Waals surface area contributed by atoms with E-state index in [-0.39, 0.29) is 10.8 Å². The molecule has 0 saturated carbocycles. The minimum atomic E-state index is -1.22. The molecular formula is C20H30Cl2N2O2S. The monoisotopic (exact) mass is 432 g/mol. The summed E-state index contributed by atoms with van der Waals surface area (Å²) in [6.07, 6.45) is 4.79. The van der Waals surface area contributed by atoms with Crippen LogP contribution in [0.3, 0.4) is 0 Å². The third-order valence-corrected chi connectivity index (χ3v) is 6.93. The molecule has 0 radical (unpaired) electrons. The highest BCUT2D eigenvalue weighted by molar-refractivity contribution is 7.90. The lowest BCUT2D eigenvalue weighted by Crippen LogP contribution is -2.43. The van der Waals surface area contributed by atoms with Crippen molar-refractivity contribution in [3.63, 3.8) is 0 Å². The van der Waals surface area contributed by atoms with Gasteiger partial charge in [0, 0.05) is 23.0 Å². The average molecular weight is 433 g/mol. The van der Waals surface area contributed by atoms with Crippen LogP contribution in [-0.4, -0.2) is 29.0 Å². The van der Waals surface area contributed by atoms with Crippen molar-refractivity contribution >= 4 is 34.6 Å². The first kappa shape index (κ1) is 22.9. The van der Waals surface area contributed by atoms with E-state index in [9.17, 15) is 4.55 Å². The number of nitrogens with one attached hydrogen (secondary N) is 2. The van der Waals surface area contributed by atoms with Crippen LogP contribution in [0.4, 0.5) is 0 Å². The van der Waals surface area contributed by atoms with E-state index in [4.69, 9.17) is 27.9 Å². The normalized spacial score (nSPS) is 20.6. The highest BCUT2D eigenvalue weighted by Crippen LogP contribution is 2.40. The molecule has 0 amide bonds. The molecule has 1 fully saturated rings. The second-order valence-corrected chi connectivity index (χ2v) is 10.6. The first-order chi connectivity index (χ1) is 12.7. The fourth-order valence-electron chi connectivity index (χ4n) is 3.15. The molecule has 2 N–H and O–H groups in total. The lowest BCUT2D eigenvalue weighted by Gasteiger charge is -2.33. The minimum absolute atomic E-state index is 0.139. The maximum Gasteiger partial charge on any atom is 0.136 e. The lowest BCUT2D eigenvalue weighted by atomic mass is 9.87. The van der Waals surface area contributed by atoms with Gasteiger partial charge in [-0.05, 0) is 65.1 Å². The molecule has 3 unspecified atom stereocenters. The van der Waals surface area contributed by atoms with Crippen LogP contribution in [0.15, 0.2) is 24.8 Å². The molecule has 0 bridgehead atoms. The zero-order valence-corrected chi connectivity index (χ0v) is 18.6. The maximum atomic E-state index is 12.9. The molecule has 1 aliphatic rings. The standard InChI is InChI=1S/C20H30Cl2N2O2S/c1-5-11-26-18-13-17(22)16(21)12-15(18)19(24-27(25)20(2,3)4)14-7-6-9-23-10-8-14/h5,12-14,19,23-24H,1,6-11H2,2-4H3. The van der Waals surface area contributed by atoms with Crippen molar-refractivity contribution in [1.82, 2.24) is 10.0 Å². The van der Waals surface area contributed by atoms with Crippen LogP contribution < -0.4 is 14.8 Å². The van der Waals surface area contributed by atoms with Crippen molar-refractivity contribution in [2.75, 3.05) is 19.7 Å². The molecule has 1 aliphatic heterocycles. The third-order valence-electron chi connectivity index (χ3n) is 4.63. The van der Waals surface area contributed by atoms with Crippen molar-refractivity contribution in [1.29, 1.82) is 0 Å². The van der Waals surface area contributed by atoms with Gasteiger partial charge in [0.15, 0.2) is 0 Å². The van der Waals surface area contributed by atoms with Gasteiger partial charge in [-0.3, -0.25) is 0 Å². The van der Waals surface area contributed by atoms with E-state index >= 15 is 0 Å². The van der Waals surface area contributed by atoms with Crippen LogP contribution in [0.5, 0.6) is 5.75 Å². The highest BCUT2D eigenvalue weighted by Gasteiger charge is 2.35. The van der Waals surface area contributed by atoms with Gasteiger partial charge in [0.25, 0.3) is 0 Å². The summed E-state index contributed by atoms with van der Waals surface area (Å²) in [5, 5.41) is 4.35. The quantitative estimate of drug-likeness (QED) is 0.467. The van der Waals surface area contributed by atoms with Crippen molar-refractivity contribution in [2.45, 2.75) is 50.8 Å². The van der Waals surface area contributed by atoms with Crippen molar-refractivity contribution in [3.8, 4) is 5.75 Å². The third kappa shape index (κ3) is 6.55. The van der Waals surface area contributed by atoms with Crippen LogP contribution >= 0.6 is 23.2 Å². The van der Waals surface area contributed by atoms with Gasteiger partial charge in [0.1, 0.15) is 17.1 Å². The van der Waals surface area contributed by atoms with E-state index in [1.807, 2.05) is 26.8 Å². The summed E-state index contributed by atoms with van der Waals surface area (Å²) < 4.78 is 21.8. The number of hydrogen-bond donors (Lipinski definition) is 2. The second-order valence-electron chi connectivity index (χ2n) is 7.82. The van der Waals surface area contributed by atoms with E-state index in [1.165, 1.54) is 0 Å². The van der Waals surface area contributed by atoms with Gasteiger partial charge in [-0.2, -0.15) is 0 Å². The lowest BCUT2D eigenvalue weighted by molar-refractivity contribution is 0.327. The molecule has 0 aromatic heterocycles. The number of halogens is 2. The molecule has 1 aromatic carbocycles. The van der Waals surface area contributed by atoms with Crippen LogP contribution in [0, 0.1) is 5.92 Å². The Bertz CT molecular complexity index is 629. The Labute approximate surface area is 176 Å². The van der Waals surface area contributed by atoms with Crippen LogP contribution in [0.25, 0.3) is 0 Å². The second kappa shape index (κ2) is 10.4. The largest absolute Gasteiger partial charge is 0.598 e. The Morgan fingerprint density at radius 2 is 2.04 bits per heavy atom. The van der Waals surface area contributed by atoms with E-state index in [0.29, 0.717) is 28.3 Å². The fraction of sp³-hybridized carbons (Fsp3) is 0.600. The van der Waals surface area contributed by atoms with Gasteiger partial charge in [-0.1, -0.05) is 35.9 Å². The number of rotatable bonds is 7. The summed E-state index contributed by atoms with van der Waals surface area (Å²) in [5.74, 6) is 0.972. The molecule has 2 rings (SSSR count). The Kier molecular flexibility index (Phi) is 8.78. The Balaban J connectivity index is 2.44. The number of benzene rings is 1. The fourth-order valence-corrected chi connectivity index (χ4v) is 4.38. The van der Waals surface area contributed by atoms with Crippen molar-refractivity contribution < 1.29 is 9.29 Å². The topological polar surface area (TPSA) is 56.3 Å². The van der Waals surface area contributed by atoms with Crippen LogP contribution in [-0.2, 0) is 11.4 Å². The zero-order chi connectivity index (χ0) is 20.0. The summed E-state index contributed by atoms with van der Waals surface area (Å²) in [5.41, 5.74) is 0.899. The van der Waals surface area contributed by atoms with Crippen LogP contribution in [0.1, 0.15) is 51.6 Å². The predicted octanol–water partition coefficient (Wildman–Crippen LogP) is 5.04. The predicted molar refractivity (Wildman–Crippen MR) is 116 cm³/mol.